The number of carbonyl (C=O) groups is 4. The van der Waals surface area contributed by atoms with E-state index >= 15 is 0 Å². The van der Waals surface area contributed by atoms with Crippen molar-refractivity contribution < 1.29 is 38.4 Å². The Bertz CT molecular complexity index is 923. The van der Waals surface area contributed by atoms with Gasteiger partial charge in [0.05, 0.1) is 24.5 Å². The van der Waals surface area contributed by atoms with Crippen molar-refractivity contribution in [2.45, 2.75) is 25.5 Å². The van der Waals surface area contributed by atoms with Crippen LogP contribution in [0.5, 0.6) is 0 Å². The summed E-state index contributed by atoms with van der Waals surface area (Å²) in [7, 11) is 1.18. The Balaban J connectivity index is 1.90. The third-order valence-corrected chi connectivity index (χ3v) is 4.16. The third-order valence-electron chi connectivity index (χ3n) is 4.16. The monoisotopic (exact) mass is 419 g/mol. The first kappa shape index (κ1) is 22.3. The minimum Gasteiger partial charge on any atom is -0.468 e. The molecule has 1 heterocycles. The highest BCUT2D eigenvalue weighted by atomic mass is 16.6. The molecule has 0 aliphatic carbocycles. The number of hydrogen-bond acceptors (Lipinski definition) is 9. The van der Waals surface area contributed by atoms with Crippen molar-refractivity contribution >= 4 is 35.0 Å². The average molecular weight is 419 g/mol. The zero-order valence-electron chi connectivity index (χ0n) is 15.8. The maximum absolute atomic E-state index is 12.3. The molecule has 158 valence electrons. The van der Waals surface area contributed by atoms with Gasteiger partial charge in [-0.15, -0.1) is 0 Å². The zero-order valence-corrected chi connectivity index (χ0v) is 15.8. The molecular formula is C17H17N5O8. The van der Waals surface area contributed by atoms with Gasteiger partial charge in [-0.3, -0.25) is 29.5 Å². The van der Waals surface area contributed by atoms with E-state index in [-0.39, 0.29) is 37.6 Å². The number of ketones is 1. The molecule has 1 saturated heterocycles. The van der Waals surface area contributed by atoms with E-state index < -0.39 is 34.4 Å². The second-order valence-corrected chi connectivity index (χ2v) is 6.11. The van der Waals surface area contributed by atoms with Crippen LogP contribution in [-0.4, -0.2) is 63.8 Å². The number of nitrogens with one attached hydrogen (secondary N) is 1. The van der Waals surface area contributed by atoms with Gasteiger partial charge in [0.15, 0.2) is 0 Å². The van der Waals surface area contributed by atoms with E-state index in [4.69, 9.17) is 10.3 Å². The number of carbonyl (C=O) groups excluding carboxylic acids is 4. The van der Waals surface area contributed by atoms with Gasteiger partial charge in [0.1, 0.15) is 13.2 Å². The fraction of sp³-hybridized carbons (Fsp3) is 0.353. The Morgan fingerprint density at radius 1 is 1.33 bits per heavy atom. The second-order valence-electron chi connectivity index (χ2n) is 6.11. The minimum atomic E-state index is -1.19. The van der Waals surface area contributed by atoms with Crippen molar-refractivity contribution in [3.05, 3.63) is 45.5 Å². The number of amides is 1. The number of hydrogen-bond donors (Lipinski definition) is 1. The summed E-state index contributed by atoms with van der Waals surface area (Å²) in [6, 6.07) is 4.54. The highest BCUT2D eigenvalue weighted by Crippen LogP contribution is 2.20. The summed E-state index contributed by atoms with van der Waals surface area (Å²) in [5.41, 5.74) is 11.0. The SMILES string of the molecule is COC(=O)CNN1C(=O)CC1CC(=O)C(=[N+]=[N-])C(=O)OCc1ccc([N+](=O)[O-])cc1. The van der Waals surface area contributed by atoms with Gasteiger partial charge < -0.3 is 15.0 Å². The first-order valence-corrected chi connectivity index (χ1v) is 8.55. The normalized spacial score (nSPS) is 14.9. The molecule has 1 unspecified atom stereocenters. The summed E-state index contributed by atoms with van der Waals surface area (Å²) >= 11 is 0. The quantitative estimate of drug-likeness (QED) is 0.0767. The number of nitro benzene ring substituents is 1. The number of nitro groups is 1. The second kappa shape index (κ2) is 10.0. The van der Waals surface area contributed by atoms with E-state index in [2.05, 4.69) is 15.0 Å². The Labute approximate surface area is 169 Å². The van der Waals surface area contributed by atoms with Crippen molar-refractivity contribution in [2.24, 2.45) is 0 Å². The number of nitrogens with zero attached hydrogens (tertiary/aromatic N) is 4. The number of rotatable bonds is 10. The van der Waals surface area contributed by atoms with E-state index in [9.17, 15) is 29.3 Å². The molecule has 13 nitrogen and oxygen atoms in total. The van der Waals surface area contributed by atoms with E-state index in [1.54, 1.807) is 0 Å². The number of methoxy groups -OCH3 is 1. The highest BCUT2D eigenvalue weighted by Gasteiger charge is 2.42. The Kier molecular flexibility index (Phi) is 7.44. The minimum absolute atomic E-state index is 0.00351. The summed E-state index contributed by atoms with van der Waals surface area (Å²) in [5.74, 6) is -3.04. The van der Waals surface area contributed by atoms with Crippen LogP contribution in [0.1, 0.15) is 18.4 Å². The lowest BCUT2D eigenvalue weighted by atomic mass is 9.97. The number of ether oxygens (including phenoxy) is 2. The van der Waals surface area contributed by atoms with Crippen LogP contribution >= 0.6 is 0 Å². The van der Waals surface area contributed by atoms with Crippen LogP contribution in [0.15, 0.2) is 24.3 Å². The summed E-state index contributed by atoms with van der Waals surface area (Å²) < 4.78 is 9.34. The van der Waals surface area contributed by atoms with Crippen LogP contribution in [0, 0.1) is 10.1 Å². The first-order valence-electron chi connectivity index (χ1n) is 8.55. The lowest BCUT2D eigenvalue weighted by Gasteiger charge is -2.39. The molecule has 0 spiro atoms. The molecule has 0 bridgehead atoms. The Hall–Kier alpha value is -3.96. The molecule has 1 N–H and O–H groups in total. The van der Waals surface area contributed by atoms with Crippen molar-refractivity contribution in [3.63, 3.8) is 0 Å². The lowest BCUT2D eigenvalue weighted by molar-refractivity contribution is -0.384. The van der Waals surface area contributed by atoms with Crippen LogP contribution in [0.25, 0.3) is 5.53 Å². The van der Waals surface area contributed by atoms with Gasteiger partial charge in [-0.2, -0.15) is 4.79 Å². The summed E-state index contributed by atoms with van der Waals surface area (Å²) in [5, 5.41) is 11.7. The molecule has 1 aromatic rings. The molecule has 1 aliphatic rings. The van der Waals surface area contributed by atoms with Gasteiger partial charge in [0, 0.05) is 18.6 Å². The van der Waals surface area contributed by atoms with Crippen molar-refractivity contribution in [1.82, 2.24) is 10.4 Å². The van der Waals surface area contributed by atoms with Crippen LogP contribution in [-0.2, 0) is 35.3 Å². The maximum Gasteiger partial charge on any atom is 0.441 e. The van der Waals surface area contributed by atoms with Crippen LogP contribution < -0.4 is 5.43 Å². The fourth-order valence-corrected chi connectivity index (χ4v) is 2.54. The Morgan fingerprint density at radius 3 is 2.53 bits per heavy atom. The molecular weight excluding hydrogens is 402 g/mol. The van der Waals surface area contributed by atoms with Crippen LogP contribution in [0.3, 0.4) is 0 Å². The summed E-state index contributed by atoms with van der Waals surface area (Å²) in [6.07, 6.45) is -0.345. The molecule has 1 fully saturated rings. The summed E-state index contributed by atoms with van der Waals surface area (Å²) in [6.45, 7) is -0.594. The van der Waals surface area contributed by atoms with E-state index in [0.717, 1.165) is 5.01 Å². The molecule has 0 radical (unpaired) electrons. The molecule has 0 aromatic heterocycles. The van der Waals surface area contributed by atoms with E-state index in [0.29, 0.717) is 5.56 Å². The number of non-ortho nitro benzene ring substituents is 1. The predicted octanol–water partition coefficient (Wildman–Crippen LogP) is -0.453. The largest absolute Gasteiger partial charge is 0.468 e. The maximum atomic E-state index is 12.3. The third kappa shape index (κ3) is 5.53. The fourth-order valence-electron chi connectivity index (χ4n) is 2.54. The van der Waals surface area contributed by atoms with Gasteiger partial charge in [-0.05, 0) is 17.7 Å². The van der Waals surface area contributed by atoms with Gasteiger partial charge in [-0.1, -0.05) is 0 Å². The standard InChI is InChI=1S/C17H17N5O8/c1-29-15(25)8-19-21-12(7-14(21)24)6-13(23)16(20-18)17(26)30-9-10-2-4-11(5-3-10)22(27)28/h2-5,12,19H,6-9H2,1H3. The van der Waals surface area contributed by atoms with Gasteiger partial charge >= 0.3 is 17.7 Å². The van der Waals surface area contributed by atoms with Crippen LogP contribution in [0.2, 0.25) is 0 Å². The van der Waals surface area contributed by atoms with Gasteiger partial charge in [-0.25, -0.2) is 10.2 Å². The molecule has 1 aromatic carbocycles. The van der Waals surface area contributed by atoms with E-state index in [1.165, 1.54) is 31.4 Å². The molecule has 1 aliphatic heterocycles. The zero-order chi connectivity index (χ0) is 22.3. The molecule has 30 heavy (non-hydrogen) atoms. The van der Waals surface area contributed by atoms with Crippen molar-refractivity contribution in [1.29, 1.82) is 0 Å². The smallest absolute Gasteiger partial charge is 0.441 e. The molecule has 0 saturated carbocycles. The van der Waals surface area contributed by atoms with Crippen molar-refractivity contribution in [2.75, 3.05) is 13.7 Å². The molecule has 1 amide bonds. The van der Waals surface area contributed by atoms with Crippen molar-refractivity contribution in [3.8, 4) is 0 Å². The molecule has 1 atom stereocenters. The number of benzene rings is 1. The van der Waals surface area contributed by atoms with Gasteiger partial charge in [0.2, 0.25) is 5.91 Å². The molecule has 2 rings (SSSR count). The topological polar surface area (TPSA) is 182 Å². The number of Topliss-reactive ketones (excluding diaryl/α,β-unsaturated/α-hetero) is 1. The predicted molar refractivity (Wildman–Crippen MR) is 96.4 cm³/mol. The van der Waals surface area contributed by atoms with Gasteiger partial charge in [0.25, 0.3) is 11.5 Å². The molecule has 13 heteroatoms. The number of esters is 2. The first-order chi connectivity index (χ1) is 14.3. The average Bonchev–Trinajstić information content (AvgIpc) is 2.72. The summed E-state index contributed by atoms with van der Waals surface area (Å²) in [4.78, 5) is 59.8. The number of β-lactam (4-membered cyclic amide) rings is 1. The van der Waals surface area contributed by atoms with E-state index in [1.807, 2.05) is 0 Å². The highest BCUT2D eigenvalue weighted by molar-refractivity contribution is 6.62. The number of hydrazine groups is 1. The lowest BCUT2D eigenvalue weighted by Crippen LogP contribution is -2.61. The Morgan fingerprint density at radius 2 is 2.00 bits per heavy atom. The van der Waals surface area contributed by atoms with Crippen LogP contribution in [0.4, 0.5) is 5.69 Å².